The molecule has 0 atom stereocenters. The van der Waals surface area contributed by atoms with Crippen LogP contribution in [0.1, 0.15) is 32.3 Å². The Balaban J connectivity index is 2.38. The Kier molecular flexibility index (Phi) is 2.14. The molecule has 2 rings (SSSR count). The molecule has 3 nitrogen and oxygen atoms in total. The van der Waals surface area contributed by atoms with E-state index in [0.717, 1.165) is 19.6 Å². The summed E-state index contributed by atoms with van der Waals surface area (Å²) in [5.74, 6) is 1.21. The Morgan fingerprint density at radius 2 is 2.00 bits per heavy atom. The van der Waals surface area contributed by atoms with Crippen LogP contribution in [0.5, 0.6) is 0 Å². The maximum atomic E-state index is 4.49. The molecule has 0 saturated heterocycles. The molecule has 0 aliphatic carbocycles. The van der Waals surface area contributed by atoms with Crippen LogP contribution in [-0.4, -0.2) is 28.0 Å². The molecule has 0 radical (unpaired) electrons. The van der Waals surface area contributed by atoms with Gasteiger partial charge in [-0.15, -0.1) is 0 Å². The van der Waals surface area contributed by atoms with Crippen LogP contribution in [0.3, 0.4) is 0 Å². The van der Waals surface area contributed by atoms with E-state index in [1.165, 1.54) is 11.5 Å². The standard InChI is InChI=1S/C11H19N3/c1-11(2,3)9-7-12-10-8-13(4)5-6-14(9)10/h7H,5-6,8H2,1-4H3. The largest absolute Gasteiger partial charge is 0.329 e. The number of hydrogen-bond donors (Lipinski definition) is 0. The average molecular weight is 193 g/mol. The Bertz CT molecular complexity index is 333. The Labute approximate surface area is 85.7 Å². The fraction of sp³-hybridized carbons (Fsp3) is 0.727. The number of nitrogens with zero attached hydrogens (tertiary/aromatic N) is 3. The summed E-state index contributed by atoms with van der Waals surface area (Å²) in [6, 6.07) is 0. The quantitative estimate of drug-likeness (QED) is 0.624. The first-order valence-corrected chi connectivity index (χ1v) is 5.22. The molecule has 0 bridgehead atoms. The molecular formula is C11H19N3. The van der Waals surface area contributed by atoms with Crippen molar-refractivity contribution in [2.75, 3.05) is 13.6 Å². The van der Waals surface area contributed by atoms with Crippen LogP contribution in [0, 0.1) is 0 Å². The van der Waals surface area contributed by atoms with E-state index in [2.05, 4.69) is 42.3 Å². The number of likely N-dealkylation sites (N-methyl/N-ethyl adjacent to an activating group) is 1. The summed E-state index contributed by atoms with van der Waals surface area (Å²) in [6.07, 6.45) is 2.04. The van der Waals surface area contributed by atoms with Gasteiger partial charge in [0.25, 0.3) is 0 Å². The second-order valence-electron chi connectivity index (χ2n) is 5.20. The van der Waals surface area contributed by atoms with Gasteiger partial charge in [-0.2, -0.15) is 0 Å². The highest BCUT2D eigenvalue weighted by Crippen LogP contribution is 2.25. The summed E-state index contributed by atoms with van der Waals surface area (Å²) in [5, 5.41) is 0. The molecule has 1 aromatic heterocycles. The second-order valence-corrected chi connectivity index (χ2v) is 5.20. The molecule has 0 saturated carbocycles. The maximum absolute atomic E-state index is 4.49. The molecule has 0 aromatic carbocycles. The van der Waals surface area contributed by atoms with Crippen LogP contribution in [-0.2, 0) is 18.5 Å². The second kappa shape index (κ2) is 3.09. The third kappa shape index (κ3) is 1.57. The molecule has 1 aromatic rings. The maximum Gasteiger partial charge on any atom is 0.123 e. The molecule has 0 unspecified atom stereocenters. The molecule has 3 heteroatoms. The predicted molar refractivity (Wildman–Crippen MR) is 57.3 cm³/mol. The molecule has 0 spiro atoms. The van der Waals surface area contributed by atoms with Gasteiger partial charge in [0.15, 0.2) is 0 Å². The lowest BCUT2D eigenvalue weighted by molar-refractivity contribution is 0.258. The van der Waals surface area contributed by atoms with Gasteiger partial charge in [-0.3, -0.25) is 4.90 Å². The molecule has 2 heterocycles. The molecular weight excluding hydrogens is 174 g/mol. The molecule has 14 heavy (non-hydrogen) atoms. The van der Waals surface area contributed by atoms with Crippen molar-refractivity contribution in [2.45, 2.75) is 39.3 Å². The number of hydrogen-bond acceptors (Lipinski definition) is 2. The minimum Gasteiger partial charge on any atom is -0.329 e. The van der Waals surface area contributed by atoms with Crippen molar-refractivity contribution in [1.29, 1.82) is 0 Å². The van der Waals surface area contributed by atoms with Gasteiger partial charge in [-0.1, -0.05) is 20.8 Å². The third-order valence-corrected chi connectivity index (χ3v) is 2.82. The van der Waals surface area contributed by atoms with Crippen molar-refractivity contribution in [1.82, 2.24) is 14.5 Å². The van der Waals surface area contributed by atoms with E-state index in [1.54, 1.807) is 0 Å². The minimum atomic E-state index is 0.209. The van der Waals surface area contributed by atoms with Crippen LogP contribution in [0.4, 0.5) is 0 Å². The average Bonchev–Trinajstić information content (AvgIpc) is 2.45. The summed E-state index contributed by atoms with van der Waals surface area (Å²) >= 11 is 0. The topological polar surface area (TPSA) is 21.1 Å². The van der Waals surface area contributed by atoms with E-state index < -0.39 is 0 Å². The van der Waals surface area contributed by atoms with Gasteiger partial charge in [-0.05, 0) is 7.05 Å². The molecule has 0 amide bonds. The lowest BCUT2D eigenvalue weighted by Crippen LogP contribution is -2.32. The summed E-state index contributed by atoms with van der Waals surface area (Å²) in [4.78, 5) is 6.81. The zero-order valence-electron chi connectivity index (χ0n) is 9.54. The summed E-state index contributed by atoms with van der Waals surface area (Å²) in [6.45, 7) is 9.93. The molecule has 78 valence electrons. The Morgan fingerprint density at radius 3 is 2.64 bits per heavy atom. The van der Waals surface area contributed by atoms with Crippen molar-refractivity contribution in [2.24, 2.45) is 0 Å². The van der Waals surface area contributed by atoms with Crippen molar-refractivity contribution in [3.8, 4) is 0 Å². The highest BCUT2D eigenvalue weighted by molar-refractivity contribution is 5.15. The van der Waals surface area contributed by atoms with Crippen molar-refractivity contribution < 1.29 is 0 Å². The van der Waals surface area contributed by atoms with E-state index in [1.807, 2.05) is 6.20 Å². The van der Waals surface area contributed by atoms with E-state index in [4.69, 9.17) is 0 Å². The van der Waals surface area contributed by atoms with Gasteiger partial charge in [0.1, 0.15) is 5.82 Å². The van der Waals surface area contributed by atoms with Gasteiger partial charge in [0.05, 0.1) is 6.54 Å². The number of fused-ring (bicyclic) bond motifs is 1. The smallest absolute Gasteiger partial charge is 0.123 e. The summed E-state index contributed by atoms with van der Waals surface area (Å²) in [7, 11) is 2.15. The van der Waals surface area contributed by atoms with Crippen LogP contribution < -0.4 is 0 Å². The molecule has 0 fully saturated rings. The van der Waals surface area contributed by atoms with Gasteiger partial charge >= 0.3 is 0 Å². The van der Waals surface area contributed by atoms with Crippen LogP contribution in [0.15, 0.2) is 6.20 Å². The molecule has 0 N–H and O–H groups in total. The first kappa shape index (κ1) is 9.71. The zero-order chi connectivity index (χ0) is 10.3. The first-order chi connectivity index (χ1) is 6.48. The molecule has 1 aliphatic rings. The minimum absolute atomic E-state index is 0.209. The Morgan fingerprint density at radius 1 is 1.29 bits per heavy atom. The van der Waals surface area contributed by atoms with Gasteiger partial charge in [0.2, 0.25) is 0 Å². The number of aromatic nitrogens is 2. The number of imidazole rings is 1. The SMILES string of the molecule is CN1CCn2c(C(C)(C)C)cnc2C1. The number of rotatable bonds is 0. The van der Waals surface area contributed by atoms with Gasteiger partial charge in [-0.25, -0.2) is 4.98 Å². The monoisotopic (exact) mass is 193 g/mol. The summed E-state index contributed by atoms with van der Waals surface area (Å²) in [5.41, 5.74) is 1.57. The zero-order valence-corrected chi connectivity index (χ0v) is 9.54. The fourth-order valence-electron chi connectivity index (χ4n) is 1.98. The normalized spacial score (nSPS) is 18.3. The van der Waals surface area contributed by atoms with Crippen LogP contribution in [0.2, 0.25) is 0 Å². The van der Waals surface area contributed by atoms with Crippen molar-refractivity contribution >= 4 is 0 Å². The highest BCUT2D eigenvalue weighted by atomic mass is 15.2. The molecule has 1 aliphatic heterocycles. The van der Waals surface area contributed by atoms with E-state index in [-0.39, 0.29) is 5.41 Å². The van der Waals surface area contributed by atoms with Gasteiger partial charge < -0.3 is 4.57 Å². The van der Waals surface area contributed by atoms with Crippen molar-refractivity contribution in [3.05, 3.63) is 17.7 Å². The highest BCUT2D eigenvalue weighted by Gasteiger charge is 2.24. The Hall–Kier alpha value is -0.830. The van der Waals surface area contributed by atoms with Gasteiger partial charge in [0, 0.05) is 30.4 Å². The van der Waals surface area contributed by atoms with Crippen LogP contribution >= 0.6 is 0 Å². The van der Waals surface area contributed by atoms with E-state index in [0.29, 0.717) is 0 Å². The van der Waals surface area contributed by atoms with E-state index in [9.17, 15) is 0 Å². The fourth-order valence-corrected chi connectivity index (χ4v) is 1.98. The lowest BCUT2D eigenvalue weighted by atomic mass is 9.92. The lowest BCUT2D eigenvalue weighted by Gasteiger charge is -2.28. The van der Waals surface area contributed by atoms with Crippen molar-refractivity contribution in [3.63, 3.8) is 0 Å². The first-order valence-electron chi connectivity index (χ1n) is 5.22. The summed E-state index contributed by atoms with van der Waals surface area (Å²) < 4.78 is 2.38. The van der Waals surface area contributed by atoms with E-state index >= 15 is 0 Å². The third-order valence-electron chi connectivity index (χ3n) is 2.82. The predicted octanol–water partition coefficient (Wildman–Crippen LogP) is 1.63. The van der Waals surface area contributed by atoms with Crippen LogP contribution in [0.25, 0.3) is 0 Å².